The molecule has 1 fully saturated rings. The summed E-state index contributed by atoms with van der Waals surface area (Å²) in [6.45, 7) is 5.20. The Morgan fingerprint density at radius 3 is 2.57 bits per heavy atom. The van der Waals surface area contributed by atoms with Gasteiger partial charge < -0.3 is 10.2 Å². The molecule has 0 aliphatic carbocycles. The highest BCUT2D eigenvalue weighted by Gasteiger charge is 2.31. The number of hydrogen-bond donors (Lipinski definition) is 1. The lowest BCUT2D eigenvalue weighted by molar-refractivity contribution is -0.137. The first kappa shape index (κ1) is 21.9. The standard InChI is InChI=1S/C21H25F3N4O2/c1-3-9-25-19(29)15-7-10-27(11-8-15)20(30)18-13-26-28(14(18)2)17-6-4-5-16(12-17)21(22,23)24/h4-6,12-13,15H,3,7-11H2,1-2H3,(H,25,29). The summed E-state index contributed by atoms with van der Waals surface area (Å²) in [6.07, 6.45) is -1.02. The zero-order chi connectivity index (χ0) is 21.9. The van der Waals surface area contributed by atoms with Crippen molar-refractivity contribution in [3.63, 3.8) is 0 Å². The van der Waals surface area contributed by atoms with Crippen molar-refractivity contribution in [2.45, 2.75) is 39.3 Å². The third-order valence-corrected chi connectivity index (χ3v) is 5.36. The van der Waals surface area contributed by atoms with E-state index >= 15 is 0 Å². The lowest BCUT2D eigenvalue weighted by atomic mass is 9.95. The summed E-state index contributed by atoms with van der Waals surface area (Å²) in [4.78, 5) is 26.7. The molecule has 6 nitrogen and oxygen atoms in total. The van der Waals surface area contributed by atoms with Gasteiger partial charge in [-0.05, 0) is 44.4 Å². The maximum Gasteiger partial charge on any atom is 0.416 e. The van der Waals surface area contributed by atoms with Crippen molar-refractivity contribution in [3.05, 3.63) is 47.3 Å². The molecule has 0 unspecified atom stereocenters. The molecule has 162 valence electrons. The monoisotopic (exact) mass is 422 g/mol. The third kappa shape index (κ3) is 4.66. The molecule has 0 spiro atoms. The van der Waals surface area contributed by atoms with Crippen molar-refractivity contribution in [2.75, 3.05) is 19.6 Å². The Hall–Kier alpha value is -2.84. The maximum atomic E-state index is 13.0. The highest BCUT2D eigenvalue weighted by molar-refractivity contribution is 5.95. The third-order valence-electron chi connectivity index (χ3n) is 5.36. The molecule has 2 heterocycles. The van der Waals surface area contributed by atoms with Crippen molar-refractivity contribution in [2.24, 2.45) is 5.92 Å². The Kier molecular flexibility index (Phi) is 6.48. The van der Waals surface area contributed by atoms with E-state index in [1.807, 2.05) is 6.92 Å². The summed E-state index contributed by atoms with van der Waals surface area (Å²) >= 11 is 0. The van der Waals surface area contributed by atoms with Gasteiger partial charge in [-0.1, -0.05) is 13.0 Å². The van der Waals surface area contributed by atoms with Crippen molar-refractivity contribution >= 4 is 11.8 Å². The first-order valence-electron chi connectivity index (χ1n) is 10.0. The Bertz CT molecular complexity index is 915. The molecule has 2 aromatic rings. The number of aromatic nitrogens is 2. The van der Waals surface area contributed by atoms with E-state index in [-0.39, 0.29) is 23.4 Å². The number of alkyl halides is 3. The van der Waals surface area contributed by atoms with E-state index in [4.69, 9.17) is 0 Å². The average molecular weight is 422 g/mol. The Balaban J connectivity index is 1.71. The summed E-state index contributed by atoms with van der Waals surface area (Å²) in [7, 11) is 0. The molecule has 1 aliphatic rings. The van der Waals surface area contributed by atoms with Crippen molar-refractivity contribution < 1.29 is 22.8 Å². The first-order chi connectivity index (χ1) is 14.2. The molecule has 1 aromatic carbocycles. The second-order valence-corrected chi connectivity index (χ2v) is 7.46. The average Bonchev–Trinajstić information content (AvgIpc) is 3.12. The highest BCUT2D eigenvalue weighted by Crippen LogP contribution is 2.30. The largest absolute Gasteiger partial charge is 0.416 e. The number of carbonyl (C=O) groups excluding carboxylic acids is 2. The SMILES string of the molecule is CCCNC(=O)C1CCN(C(=O)c2cnn(-c3cccc(C(F)(F)F)c3)c2C)CC1. The number of nitrogens with zero attached hydrogens (tertiary/aromatic N) is 3. The van der Waals surface area contributed by atoms with Crippen LogP contribution in [-0.2, 0) is 11.0 Å². The van der Waals surface area contributed by atoms with Crippen LogP contribution in [-0.4, -0.2) is 46.1 Å². The Morgan fingerprint density at radius 2 is 1.93 bits per heavy atom. The summed E-state index contributed by atoms with van der Waals surface area (Å²) in [5, 5.41) is 7.03. The van der Waals surface area contributed by atoms with Gasteiger partial charge in [0.05, 0.1) is 28.7 Å². The fourth-order valence-electron chi connectivity index (χ4n) is 3.60. The van der Waals surface area contributed by atoms with E-state index in [2.05, 4.69) is 10.4 Å². The van der Waals surface area contributed by atoms with Gasteiger partial charge in [0.15, 0.2) is 0 Å². The maximum absolute atomic E-state index is 13.0. The zero-order valence-electron chi connectivity index (χ0n) is 17.0. The predicted octanol–water partition coefficient (Wildman–Crippen LogP) is 3.58. The van der Waals surface area contributed by atoms with Gasteiger partial charge in [-0.25, -0.2) is 4.68 Å². The van der Waals surface area contributed by atoms with Gasteiger partial charge >= 0.3 is 6.18 Å². The van der Waals surface area contributed by atoms with Crippen LogP contribution in [0.4, 0.5) is 13.2 Å². The second kappa shape index (κ2) is 8.89. The molecule has 0 saturated carbocycles. The van der Waals surface area contributed by atoms with Crippen LogP contribution in [0.25, 0.3) is 5.69 Å². The minimum absolute atomic E-state index is 0.0255. The predicted molar refractivity (Wildman–Crippen MR) is 105 cm³/mol. The van der Waals surface area contributed by atoms with E-state index < -0.39 is 11.7 Å². The topological polar surface area (TPSA) is 67.2 Å². The van der Waals surface area contributed by atoms with Crippen molar-refractivity contribution in [1.82, 2.24) is 20.0 Å². The van der Waals surface area contributed by atoms with Gasteiger partial charge in [0.1, 0.15) is 0 Å². The van der Waals surface area contributed by atoms with Crippen LogP contribution in [0.15, 0.2) is 30.5 Å². The second-order valence-electron chi connectivity index (χ2n) is 7.46. The molecule has 3 rings (SSSR count). The summed E-state index contributed by atoms with van der Waals surface area (Å²) < 4.78 is 40.3. The van der Waals surface area contributed by atoms with Crippen LogP contribution in [0.5, 0.6) is 0 Å². The van der Waals surface area contributed by atoms with E-state index in [0.29, 0.717) is 43.7 Å². The molecule has 1 aliphatic heterocycles. The van der Waals surface area contributed by atoms with Crippen LogP contribution in [0.1, 0.15) is 47.8 Å². The number of amides is 2. The van der Waals surface area contributed by atoms with Crippen LogP contribution in [0.3, 0.4) is 0 Å². The summed E-state index contributed by atoms with van der Waals surface area (Å²) in [5.74, 6) is -0.301. The number of nitrogens with one attached hydrogen (secondary N) is 1. The fraction of sp³-hybridized carbons (Fsp3) is 0.476. The fourth-order valence-corrected chi connectivity index (χ4v) is 3.60. The Labute approximate surface area is 173 Å². The minimum Gasteiger partial charge on any atom is -0.356 e. The molecule has 1 saturated heterocycles. The van der Waals surface area contributed by atoms with Gasteiger partial charge in [-0.3, -0.25) is 9.59 Å². The van der Waals surface area contributed by atoms with Gasteiger partial charge in [-0.15, -0.1) is 0 Å². The quantitative estimate of drug-likeness (QED) is 0.801. The number of benzene rings is 1. The van der Waals surface area contributed by atoms with Gasteiger partial charge in [0.25, 0.3) is 5.91 Å². The van der Waals surface area contributed by atoms with E-state index in [9.17, 15) is 22.8 Å². The van der Waals surface area contributed by atoms with Crippen LogP contribution in [0, 0.1) is 12.8 Å². The summed E-state index contributed by atoms with van der Waals surface area (Å²) in [5.41, 5.74) is 0.294. The molecule has 9 heteroatoms. The molecular weight excluding hydrogens is 397 g/mol. The number of halogens is 3. The van der Waals surface area contributed by atoms with E-state index in [1.165, 1.54) is 23.0 Å². The van der Waals surface area contributed by atoms with Crippen molar-refractivity contribution in [1.29, 1.82) is 0 Å². The molecule has 1 N–H and O–H groups in total. The van der Waals surface area contributed by atoms with E-state index in [0.717, 1.165) is 18.6 Å². The number of carbonyl (C=O) groups is 2. The highest BCUT2D eigenvalue weighted by atomic mass is 19.4. The lowest BCUT2D eigenvalue weighted by Crippen LogP contribution is -2.43. The van der Waals surface area contributed by atoms with Crippen LogP contribution < -0.4 is 5.32 Å². The molecule has 0 atom stereocenters. The van der Waals surface area contributed by atoms with Crippen LogP contribution >= 0.6 is 0 Å². The van der Waals surface area contributed by atoms with E-state index in [1.54, 1.807) is 11.8 Å². The number of hydrogen-bond acceptors (Lipinski definition) is 3. The molecular formula is C21H25F3N4O2. The van der Waals surface area contributed by atoms with Gasteiger partial charge in [0.2, 0.25) is 5.91 Å². The zero-order valence-corrected chi connectivity index (χ0v) is 17.0. The lowest BCUT2D eigenvalue weighted by Gasteiger charge is -2.31. The van der Waals surface area contributed by atoms with Gasteiger partial charge in [0, 0.05) is 25.6 Å². The van der Waals surface area contributed by atoms with Crippen molar-refractivity contribution in [3.8, 4) is 5.69 Å². The molecule has 0 bridgehead atoms. The smallest absolute Gasteiger partial charge is 0.356 e. The number of piperidine rings is 1. The normalized spacial score (nSPS) is 15.3. The summed E-state index contributed by atoms with van der Waals surface area (Å²) in [6, 6.07) is 4.84. The minimum atomic E-state index is -4.45. The number of rotatable bonds is 5. The molecule has 1 aromatic heterocycles. The first-order valence-corrected chi connectivity index (χ1v) is 10.0. The molecule has 30 heavy (non-hydrogen) atoms. The molecule has 2 amide bonds. The van der Waals surface area contributed by atoms with Crippen LogP contribution in [0.2, 0.25) is 0 Å². The number of likely N-dealkylation sites (tertiary alicyclic amines) is 1. The van der Waals surface area contributed by atoms with Gasteiger partial charge in [-0.2, -0.15) is 18.3 Å². The Morgan fingerprint density at radius 1 is 1.23 bits per heavy atom. The molecule has 0 radical (unpaired) electrons.